The van der Waals surface area contributed by atoms with Gasteiger partial charge in [0.1, 0.15) is 5.82 Å². The molecule has 16 heavy (non-hydrogen) atoms. The molecule has 0 saturated carbocycles. The van der Waals surface area contributed by atoms with Crippen molar-refractivity contribution in [3.63, 3.8) is 0 Å². The zero-order valence-electron chi connectivity index (χ0n) is 9.81. The standard InChI is InChI=1S/C10H19N3O2S/c1-3-5-7-13-8-10(16(11,14)15)12-9(13)6-4-2/h8H,3-7H2,1-2H3,(H2,11,14,15). The van der Waals surface area contributed by atoms with E-state index in [0.29, 0.717) is 0 Å². The molecule has 0 aliphatic carbocycles. The van der Waals surface area contributed by atoms with Crippen LogP contribution in [0.4, 0.5) is 0 Å². The molecule has 2 N–H and O–H groups in total. The molecule has 0 saturated heterocycles. The fourth-order valence-corrected chi connectivity index (χ4v) is 2.02. The van der Waals surface area contributed by atoms with Crippen LogP contribution in [0, 0.1) is 0 Å². The summed E-state index contributed by atoms with van der Waals surface area (Å²) in [6, 6.07) is 0. The van der Waals surface area contributed by atoms with E-state index in [9.17, 15) is 8.42 Å². The van der Waals surface area contributed by atoms with Crippen LogP contribution in [0.5, 0.6) is 0 Å². The largest absolute Gasteiger partial charge is 0.333 e. The number of nitrogens with two attached hydrogens (primary N) is 1. The number of hydrogen-bond acceptors (Lipinski definition) is 3. The van der Waals surface area contributed by atoms with Crippen molar-refractivity contribution < 1.29 is 8.42 Å². The van der Waals surface area contributed by atoms with Crippen LogP contribution in [-0.2, 0) is 23.0 Å². The zero-order valence-corrected chi connectivity index (χ0v) is 10.6. The van der Waals surface area contributed by atoms with E-state index in [1.165, 1.54) is 6.20 Å². The summed E-state index contributed by atoms with van der Waals surface area (Å²) in [6.45, 7) is 4.93. The van der Waals surface area contributed by atoms with Crippen molar-refractivity contribution in [2.75, 3.05) is 0 Å². The first-order valence-electron chi connectivity index (χ1n) is 5.57. The van der Waals surface area contributed by atoms with E-state index < -0.39 is 10.0 Å². The summed E-state index contributed by atoms with van der Waals surface area (Å²) in [5.41, 5.74) is 0. The number of rotatable bonds is 6. The SMILES string of the molecule is CCCCn1cc(S(N)(=O)=O)nc1CCC. The van der Waals surface area contributed by atoms with Gasteiger partial charge in [0.05, 0.1) is 0 Å². The first kappa shape index (κ1) is 13.2. The molecular weight excluding hydrogens is 226 g/mol. The van der Waals surface area contributed by atoms with Gasteiger partial charge in [-0.1, -0.05) is 20.3 Å². The summed E-state index contributed by atoms with van der Waals surface area (Å²) in [4.78, 5) is 4.07. The summed E-state index contributed by atoms with van der Waals surface area (Å²) in [5, 5.41) is 5.04. The minimum Gasteiger partial charge on any atom is -0.333 e. The Kier molecular flexibility index (Phi) is 4.49. The maximum Gasteiger partial charge on any atom is 0.257 e. The highest BCUT2D eigenvalue weighted by atomic mass is 32.2. The average Bonchev–Trinajstić information content (AvgIpc) is 2.58. The molecule has 0 spiro atoms. The van der Waals surface area contributed by atoms with Gasteiger partial charge in [0.2, 0.25) is 0 Å². The molecule has 0 aromatic carbocycles. The lowest BCUT2D eigenvalue weighted by Crippen LogP contribution is -2.12. The summed E-state index contributed by atoms with van der Waals surface area (Å²) in [5.74, 6) is 0.806. The third-order valence-corrected chi connectivity index (χ3v) is 3.13. The number of nitrogens with zero attached hydrogens (tertiary/aromatic N) is 2. The highest BCUT2D eigenvalue weighted by Crippen LogP contribution is 2.11. The molecule has 1 rings (SSSR count). The van der Waals surface area contributed by atoms with Gasteiger partial charge in [-0.15, -0.1) is 0 Å². The van der Waals surface area contributed by atoms with E-state index >= 15 is 0 Å². The Bertz CT molecular complexity index is 437. The van der Waals surface area contributed by atoms with Crippen molar-refractivity contribution in [1.82, 2.24) is 9.55 Å². The molecular formula is C10H19N3O2S. The molecule has 6 heteroatoms. The van der Waals surface area contributed by atoms with E-state index in [0.717, 1.165) is 38.1 Å². The van der Waals surface area contributed by atoms with Gasteiger partial charge in [0, 0.05) is 19.2 Å². The lowest BCUT2D eigenvalue weighted by Gasteiger charge is -2.04. The Morgan fingerprint density at radius 3 is 2.56 bits per heavy atom. The van der Waals surface area contributed by atoms with Crippen LogP contribution in [0.3, 0.4) is 0 Å². The summed E-state index contributed by atoms with van der Waals surface area (Å²) in [7, 11) is -3.68. The van der Waals surface area contributed by atoms with Crippen molar-refractivity contribution in [2.24, 2.45) is 5.14 Å². The number of hydrogen-bond donors (Lipinski definition) is 1. The van der Waals surface area contributed by atoms with Crippen molar-refractivity contribution in [2.45, 2.75) is 51.1 Å². The molecule has 0 radical (unpaired) electrons. The van der Waals surface area contributed by atoms with Crippen LogP contribution >= 0.6 is 0 Å². The molecule has 5 nitrogen and oxygen atoms in total. The highest BCUT2D eigenvalue weighted by Gasteiger charge is 2.15. The Balaban J connectivity index is 3.00. The fraction of sp³-hybridized carbons (Fsp3) is 0.700. The Labute approximate surface area is 96.7 Å². The first-order chi connectivity index (χ1) is 7.49. The quantitative estimate of drug-likeness (QED) is 0.820. The van der Waals surface area contributed by atoms with E-state index in [1.807, 2.05) is 11.5 Å². The molecule has 1 aromatic rings. The number of primary sulfonamides is 1. The molecule has 1 aromatic heterocycles. The van der Waals surface area contributed by atoms with Crippen LogP contribution in [0.25, 0.3) is 0 Å². The molecule has 1 heterocycles. The van der Waals surface area contributed by atoms with Crippen LogP contribution in [0.2, 0.25) is 0 Å². The Morgan fingerprint density at radius 1 is 1.38 bits per heavy atom. The Hall–Kier alpha value is -0.880. The van der Waals surface area contributed by atoms with Crippen molar-refractivity contribution in [1.29, 1.82) is 0 Å². The molecule has 0 atom stereocenters. The zero-order chi connectivity index (χ0) is 12.2. The van der Waals surface area contributed by atoms with Gasteiger partial charge in [0.15, 0.2) is 5.03 Å². The normalized spacial score (nSPS) is 11.9. The maximum atomic E-state index is 11.2. The summed E-state index contributed by atoms with van der Waals surface area (Å²) in [6.07, 6.45) is 5.33. The van der Waals surface area contributed by atoms with E-state index in [4.69, 9.17) is 5.14 Å². The smallest absolute Gasteiger partial charge is 0.257 e. The van der Waals surface area contributed by atoms with Gasteiger partial charge < -0.3 is 4.57 Å². The minimum absolute atomic E-state index is 0.0212. The third kappa shape index (κ3) is 3.31. The average molecular weight is 245 g/mol. The van der Waals surface area contributed by atoms with Gasteiger partial charge in [-0.2, -0.15) is 0 Å². The van der Waals surface area contributed by atoms with Crippen LogP contribution in [0.1, 0.15) is 38.9 Å². The van der Waals surface area contributed by atoms with Crippen molar-refractivity contribution in [3.05, 3.63) is 12.0 Å². The van der Waals surface area contributed by atoms with E-state index in [1.54, 1.807) is 0 Å². The lowest BCUT2D eigenvalue weighted by molar-refractivity contribution is 0.593. The minimum atomic E-state index is -3.68. The van der Waals surface area contributed by atoms with E-state index in [2.05, 4.69) is 11.9 Å². The molecule has 0 fully saturated rings. The maximum absolute atomic E-state index is 11.2. The first-order valence-corrected chi connectivity index (χ1v) is 7.12. The fourth-order valence-electron chi connectivity index (χ4n) is 1.51. The van der Waals surface area contributed by atoms with Gasteiger partial charge in [-0.05, 0) is 12.8 Å². The molecule has 0 aliphatic heterocycles. The molecule has 0 aliphatic rings. The van der Waals surface area contributed by atoms with Crippen molar-refractivity contribution >= 4 is 10.0 Å². The van der Waals surface area contributed by atoms with Crippen LogP contribution in [-0.4, -0.2) is 18.0 Å². The van der Waals surface area contributed by atoms with Gasteiger partial charge in [-0.25, -0.2) is 18.5 Å². The highest BCUT2D eigenvalue weighted by molar-refractivity contribution is 7.89. The number of unbranched alkanes of at least 4 members (excludes halogenated alkanes) is 1. The number of aryl methyl sites for hydroxylation is 2. The van der Waals surface area contributed by atoms with E-state index in [-0.39, 0.29) is 5.03 Å². The van der Waals surface area contributed by atoms with Gasteiger partial charge >= 0.3 is 0 Å². The van der Waals surface area contributed by atoms with Crippen molar-refractivity contribution in [3.8, 4) is 0 Å². The molecule has 0 bridgehead atoms. The number of sulfonamides is 1. The topological polar surface area (TPSA) is 78.0 Å². The second kappa shape index (κ2) is 5.45. The second-order valence-electron chi connectivity index (χ2n) is 3.84. The summed E-state index contributed by atoms with van der Waals surface area (Å²) >= 11 is 0. The molecule has 92 valence electrons. The van der Waals surface area contributed by atoms with Crippen LogP contribution in [0.15, 0.2) is 11.2 Å². The van der Waals surface area contributed by atoms with Crippen LogP contribution < -0.4 is 5.14 Å². The Morgan fingerprint density at radius 2 is 2.06 bits per heavy atom. The monoisotopic (exact) mass is 245 g/mol. The summed E-state index contributed by atoms with van der Waals surface area (Å²) < 4.78 is 24.3. The molecule has 0 amide bonds. The third-order valence-electron chi connectivity index (χ3n) is 2.35. The lowest BCUT2D eigenvalue weighted by atomic mass is 10.3. The second-order valence-corrected chi connectivity index (χ2v) is 5.35. The predicted molar refractivity (Wildman–Crippen MR) is 62.5 cm³/mol. The van der Waals surface area contributed by atoms with Gasteiger partial charge in [-0.3, -0.25) is 0 Å². The molecule has 0 unspecified atom stereocenters. The van der Waals surface area contributed by atoms with Gasteiger partial charge in [0.25, 0.3) is 10.0 Å². The number of imidazole rings is 1. The number of aromatic nitrogens is 2. The predicted octanol–water partition coefficient (Wildman–Crippen LogP) is 1.28.